The van der Waals surface area contributed by atoms with Gasteiger partial charge in [0.05, 0.1) is 12.1 Å². The molecule has 10 heteroatoms. The summed E-state index contributed by atoms with van der Waals surface area (Å²) < 4.78 is 0. The van der Waals surface area contributed by atoms with Gasteiger partial charge in [-0.15, -0.1) is 0 Å². The fourth-order valence-corrected chi connectivity index (χ4v) is 3.81. The fraction of sp³-hybridized carbons (Fsp3) is 0.800. The van der Waals surface area contributed by atoms with Gasteiger partial charge < -0.3 is 31.0 Å². The molecule has 0 spiro atoms. The molecule has 2 aliphatic rings. The van der Waals surface area contributed by atoms with Crippen LogP contribution in [0.2, 0.25) is 0 Å². The second-order valence-corrected chi connectivity index (χ2v) is 6.39. The molecule has 0 radical (unpaired) electrons. The van der Waals surface area contributed by atoms with Crippen molar-refractivity contribution in [2.24, 2.45) is 5.50 Å². The van der Waals surface area contributed by atoms with Crippen LogP contribution >= 0.6 is 20.3 Å². The zero-order valence-corrected chi connectivity index (χ0v) is 12.5. The summed E-state index contributed by atoms with van der Waals surface area (Å²) in [6.45, 7) is 0. The van der Waals surface area contributed by atoms with Gasteiger partial charge in [-0.25, -0.2) is 13.3 Å². The van der Waals surface area contributed by atoms with Gasteiger partial charge in [-0.3, -0.25) is 4.79 Å². The number of urea groups is 1. The van der Waals surface area contributed by atoms with E-state index < -0.39 is 14.5 Å². The molecule has 2 fully saturated rings. The number of hydrogen-bond acceptors (Lipinski definition) is 6. The van der Waals surface area contributed by atoms with Gasteiger partial charge in [-0.05, 0) is 12.8 Å². The van der Waals surface area contributed by atoms with Crippen LogP contribution in [0.1, 0.15) is 25.7 Å². The molecule has 2 aliphatic heterocycles. The Morgan fingerprint density at radius 1 is 1.45 bits per heavy atom. The number of nitrogens with two attached hydrogens (primary N) is 1. The minimum atomic E-state index is -2.62. The molecule has 5 N–H and O–H groups in total. The summed E-state index contributed by atoms with van der Waals surface area (Å²) in [4.78, 5) is 39.1. The van der Waals surface area contributed by atoms with Gasteiger partial charge in [-0.1, -0.05) is 6.42 Å². The quantitative estimate of drug-likeness (QED) is 0.278. The molecule has 0 aromatic heterocycles. The molecule has 8 nitrogen and oxygen atoms in total. The predicted molar refractivity (Wildman–Crippen MR) is 72.7 cm³/mol. The lowest BCUT2D eigenvalue weighted by Gasteiger charge is -2.22. The zero-order chi connectivity index (χ0) is 15.1. The van der Waals surface area contributed by atoms with Crippen LogP contribution in [-0.2, 0) is 4.79 Å². The van der Waals surface area contributed by atoms with Crippen LogP contribution in [0, 0.1) is 0 Å². The first-order valence-corrected chi connectivity index (χ1v) is 8.49. The first-order chi connectivity index (χ1) is 9.40. The number of nitrogens with one attached hydrogen (secondary N) is 2. The average Bonchev–Trinajstić information content (AvgIpc) is 2.83. The van der Waals surface area contributed by atoms with Crippen LogP contribution in [0.25, 0.3) is 0 Å². The predicted octanol–water partition coefficient (Wildman–Crippen LogP) is -1.31. The molecule has 20 heavy (non-hydrogen) atoms. The number of carbonyl (C=O) groups excluding carboxylic acids is 1. The van der Waals surface area contributed by atoms with Crippen LogP contribution in [0.3, 0.4) is 0 Å². The number of carboxylic acids is 1. The van der Waals surface area contributed by atoms with Crippen molar-refractivity contribution in [3.8, 4) is 0 Å². The lowest BCUT2D eigenvalue weighted by atomic mass is 10.0. The van der Waals surface area contributed by atoms with Crippen molar-refractivity contribution < 1.29 is 24.5 Å². The molecule has 0 saturated carbocycles. The van der Waals surface area contributed by atoms with E-state index in [4.69, 9.17) is 14.9 Å². The third-order valence-corrected chi connectivity index (χ3v) is 4.58. The molecule has 3 atom stereocenters. The largest absolute Gasteiger partial charge is 0.830 e. The van der Waals surface area contributed by atoms with Crippen molar-refractivity contribution in [3.05, 3.63) is 0 Å². The second kappa shape index (κ2) is 8.63. The maximum atomic E-state index is 11.1. The second-order valence-electron chi connectivity index (χ2n) is 4.55. The summed E-state index contributed by atoms with van der Waals surface area (Å²) in [6.07, 6.45) is 2.88. The summed E-state index contributed by atoms with van der Waals surface area (Å²) in [5.74, 6) is 0.236. The van der Waals surface area contributed by atoms with Crippen molar-refractivity contribution in [1.29, 1.82) is 0 Å². The van der Waals surface area contributed by atoms with E-state index in [0.29, 0.717) is 5.25 Å². The standard InChI is InChI=1S/C10H16N2O3S.H2NO2P/c13-8(14)4-2-1-3-7-9-6(5-16-7)11-10(15)12-9;1-4(2)3/h6-7,9H,1-5H2,(H,13,14)(H2,11,12,15);1H2/q;-2/t6-,7-,9-;/m0./s1. The van der Waals surface area contributed by atoms with Crippen molar-refractivity contribution in [2.75, 3.05) is 5.75 Å². The number of amides is 2. The molecular formula is C10H18N3O5PS-2. The van der Waals surface area contributed by atoms with Crippen LogP contribution in [-0.4, -0.2) is 40.2 Å². The van der Waals surface area contributed by atoms with Crippen LogP contribution in [0.15, 0.2) is 0 Å². The molecule has 0 aromatic rings. The Morgan fingerprint density at radius 3 is 2.70 bits per heavy atom. The first kappa shape index (κ1) is 17.5. The van der Waals surface area contributed by atoms with E-state index in [-0.39, 0.29) is 24.5 Å². The van der Waals surface area contributed by atoms with Crippen LogP contribution in [0.4, 0.5) is 4.79 Å². The van der Waals surface area contributed by atoms with Crippen LogP contribution < -0.4 is 25.9 Å². The smallest absolute Gasteiger partial charge is 0.315 e. The topological polar surface area (TPSA) is 151 Å². The van der Waals surface area contributed by atoms with E-state index in [0.717, 1.165) is 25.0 Å². The van der Waals surface area contributed by atoms with Gasteiger partial charge >= 0.3 is 12.0 Å². The monoisotopic (exact) mass is 323 g/mol. The number of carboxylic acid groups (broad SMARTS) is 1. The maximum absolute atomic E-state index is 11.1. The molecule has 2 saturated heterocycles. The third kappa shape index (κ3) is 6.23. The zero-order valence-electron chi connectivity index (χ0n) is 10.8. The Morgan fingerprint density at radius 2 is 2.10 bits per heavy atom. The molecule has 116 valence electrons. The van der Waals surface area contributed by atoms with Crippen molar-refractivity contribution in [1.82, 2.24) is 10.6 Å². The molecule has 2 heterocycles. The lowest BCUT2D eigenvalue weighted by molar-refractivity contribution is -0.292. The summed E-state index contributed by atoms with van der Waals surface area (Å²) in [5.41, 5.74) is 4.06. The molecule has 2 rings (SSSR count). The van der Waals surface area contributed by atoms with E-state index in [1.165, 1.54) is 0 Å². The highest BCUT2D eigenvalue weighted by atomic mass is 32.2. The maximum Gasteiger partial charge on any atom is 0.315 e. The normalized spacial score (nSPS) is 27.4. The number of hydrogen-bond donors (Lipinski definition) is 4. The summed E-state index contributed by atoms with van der Waals surface area (Å²) in [7, 11) is -2.62. The van der Waals surface area contributed by atoms with Gasteiger partial charge in [0.1, 0.15) is 0 Å². The fourth-order valence-electron chi connectivity index (χ4n) is 2.26. The Labute approximate surface area is 122 Å². The molecule has 0 aliphatic carbocycles. The molecule has 2 amide bonds. The minimum Gasteiger partial charge on any atom is -0.830 e. The summed E-state index contributed by atoms with van der Waals surface area (Å²) in [5, 5.41) is 14.8. The van der Waals surface area contributed by atoms with Gasteiger partial charge in [-0.2, -0.15) is 11.8 Å². The van der Waals surface area contributed by atoms with Crippen molar-refractivity contribution in [3.63, 3.8) is 0 Å². The van der Waals surface area contributed by atoms with Gasteiger partial charge in [0.2, 0.25) is 0 Å². The molecule has 0 unspecified atom stereocenters. The van der Waals surface area contributed by atoms with Crippen LogP contribution in [0.5, 0.6) is 0 Å². The van der Waals surface area contributed by atoms with E-state index in [1.807, 2.05) is 11.8 Å². The van der Waals surface area contributed by atoms with E-state index in [1.54, 1.807) is 0 Å². The highest BCUT2D eigenvalue weighted by Crippen LogP contribution is 2.33. The van der Waals surface area contributed by atoms with E-state index >= 15 is 0 Å². The number of fused-ring (bicyclic) bond motifs is 1. The Kier molecular flexibility index (Phi) is 7.53. The molecule has 0 aromatic carbocycles. The number of unbranched alkanes of at least 4 members (excludes halogenated alkanes) is 1. The van der Waals surface area contributed by atoms with E-state index in [2.05, 4.69) is 16.1 Å². The lowest BCUT2D eigenvalue weighted by Crippen LogP contribution is -2.36. The average molecular weight is 323 g/mol. The Balaban J connectivity index is 0.000000444. The highest BCUT2D eigenvalue weighted by Gasteiger charge is 2.42. The Bertz CT molecular complexity index is 344. The van der Waals surface area contributed by atoms with Crippen molar-refractivity contribution >= 4 is 32.3 Å². The van der Waals surface area contributed by atoms with Gasteiger partial charge in [0.25, 0.3) is 0 Å². The minimum absolute atomic E-state index is 0.0640. The Hall–Kier alpha value is -0.600. The summed E-state index contributed by atoms with van der Waals surface area (Å²) >= 11 is 1.87. The molecule has 0 bridgehead atoms. The van der Waals surface area contributed by atoms with Gasteiger partial charge in [0, 0.05) is 17.4 Å². The summed E-state index contributed by atoms with van der Waals surface area (Å²) in [6, 6.07) is 0.440. The van der Waals surface area contributed by atoms with E-state index in [9.17, 15) is 9.59 Å². The third-order valence-electron chi connectivity index (χ3n) is 3.07. The number of thioether (sulfide) groups is 1. The van der Waals surface area contributed by atoms with Crippen molar-refractivity contribution in [2.45, 2.75) is 43.0 Å². The first-order valence-electron chi connectivity index (χ1n) is 6.19. The number of carbonyl (C=O) groups is 2. The van der Waals surface area contributed by atoms with Gasteiger partial charge in [0.15, 0.2) is 0 Å². The number of rotatable bonds is 5. The number of aliphatic carboxylic acids is 1. The SMILES string of the molecule is NP([O-])[O-].O=C(O)CCCC[C@@H]1SC[C@@H]2NC(=O)N[C@@H]21. The highest BCUT2D eigenvalue weighted by molar-refractivity contribution is 8.00. The molecular weight excluding hydrogens is 305 g/mol.